The van der Waals surface area contributed by atoms with Gasteiger partial charge in [-0.25, -0.2) is 9.97 Å². The van der Waals surface area contributed by atoms with E-state index in [0.717, 1.165) is 58.8 Å². The molecule has 0 radical (unpaired) electrons. The number of benzene rings is 1. The number of piperidine rings is 1. The van der Waals surface area contributed by atoms with Gasteiger partial charge in [-0.15, -0.1) is 0 Å². The van der Waals surface area contributed by atoms with Gasteiger partial charge in [-0.2, -0.15) is 4.98 Å². The molecular formula is C21H22N6O3S. The molecule has 1 aliphatic rings. The Labute approximate surface area is 182 Å². The van der Waals surface area contributed by atoms with Crippen LogP contribution in [0.4, 0.5) is 10.9 Å². The van der Waals surface area contributed by atoms with E-state index in [1.165, 1.54) is 17.7 Å². The normalized spacial score (nSPS) is 15.0. The highest BCUT2D eigenvalue weighted by Crippen LogP contribution is 2.32. The molecule has 1 aliphatic heterocycles. The summed E-state index contributed by atoms with van der Waals surface area (Å²) in [5.74, 6) is 1.57. The number of hydrogen-bond acceptors (Lipinski definition) is 9. The van der Waals surface area contributed by atoms with Gasteiger partial charge < -0.3 is 19.5 Å². The Kier molecular flexibility index (Phi) is 5.14. The van der Waals surface area contributed by atoms with Crippen molar-refractivity contribution in [2.24, 2.45) is 5.92 Å². The maximum Gasteiger partial charge on any atom is 0.263 e. The number of aryl methyl sites for hydroxylation is 1. The van der Waals surface area contributed by atoms with Gasteiger partial charge >= 0.3 is 0 Å². The van der Waals surface area contributed by atoms with Gasteiger partial charge in [0, 0.05) is 19.0 Å². The summed E-state index contributed by atoms with van der Waals surface area (Å²) < 4.78 is 11.8. The van der Waals surface area contributed by atoms with E-state index in [2.05, 4.69) is 30.3 Å². The van der Waals surface area contributed by atoms with Crippen LogP contribution in [0.1, 0.15) is 25.5 Å². The van der Waals surface area contributed by atoms with Gasteiger partial charge in [-0.3, -0.25) is 4.79 Å². The number of anilines is 2. The summed E-state index contributed by atoms with van der Waals surface area (Å²) in [6.45, 7) is 5.91. The summed E-state index contributed by atoms with van der Waals surface area (Å²) in [4.78, 5) is 28.1. The lowest BCUT2D eigenvalue weighted by Gasteiger charge is -2.32. The lowest BCUT2D eigenvalue weighted by molar-refractivity contribution is -0.120. The Bertz CT molecular complexity index is 1240. The van der Waals surface area contributed by atoms with E-state index in [9.17, 15) is 4.79 Å². The smallest absolute Gasteiger partial charge is 0.263 e. The first-order valence-corrected chi connectivity index (χ1v) is 11.1. The fraction of sp³-hybridized carbons (Fsp3) is 0.381. The van der Waals surface area contributed by atoms with Crippen LogP contribution in [0.3, 0.4) is 0 Å². The van der Waals surface area contributed by atoms with E-state index < -0.39 is 0 Å². The summed E-state index contributed by atoms with van der Waals surface area (Å²) in [5.41, 5.74) is 2.12. The third-order valence-electron chi connectivity index (χ3n) is 5.49. The zero-order valence-electron chi connectivity index (χ0n) is 17.3. The molecule has 4 aromatic rings. The monoisotopic (exact) mass is 438 g/mol. The van der Waals surface area contributed by atoms with Crippen LogP contribution in [0.15, 0.2) is 29.0 Å². The Morgan fingerprint density at radius 2 is 2.16 bits per heavy atom. The maximum absolute atomic E-state index is 12.8. The summed E-state index contributed by atoms with van der Waals surface area (Å²) in [6.07, 6.45) is 2.97. The molecular weight excluding hydrogens is 416 g/mol. The van der Waals surface area contributed by atoms with Crippen molar-refractivity contribution in [2.75, 3.05) is 29.9 Å². The number of aromatic nitrogens is 4. The number of nitrogens with one attached hydrogen (secondary N) is 1. The largest absolute Gasteiger partial charge is 0.494 e. The van der Waals surface area contributed by atoms with Crippen molar-refractivity contribution in [3.63, 3.8) is 0 Å². The molecule has 0 spiro atoms. The van der Waals surface area contributed by atoms with Crippen molar-refractivity contribution >= 4 is 49.5 Å². The molecule has 0 atom stereocenters. The van der Waals surface area contributed by atoms with Crippen LogP contribution in [0.25, 0.3) is 21.3 Å². The highest BCUT2D eigenvalue weighted by Gasteiger charge is 2.28. The topological polar surface area (TPSA) is 106 Å². The van der Waals surface area contributed by atoms with Crippen LogP contribution >= 0.6 is 11.3 Å². The molecule has 0 unspecified atom stereocenters. The molecule has 0 aliphatic carbocycles. The lowest BCUT2D eigenvalue weighted by atomic mass is 9.96. The average Bonchev–Trinajstić information content (AvgIpc) is 3.36. The van der Waals surface area contributed by atoms with Crippen LogP contribution in [0, 0.1) is 12.8 Å². The minimum Gasteiger partial charge on any atom is -0.494 e. The molecule has 0 saturated carbocycles. The first-order chi connectivity index (χ1) is 15.1. The molecule has 1 saturated heterocycles. The zero-order valence-corrected chi connectivity index (χ0v) is 18.1. The maximum atomic E-state index is 12.8. The second-order valence-electron chi connectivity index (χ2n) is 7.48. The number of fused-ring (bicyclic) bond motifs is 2. The number of thiazole rings is 1. The van der Waals surface area contributed by atoms with Crippen molar-refractivity contribution in [1.29, 1.82) is 0 Å². The number of hydrogen-bond donors (Lipinski definition) is 1. The van der Waals surface area contributed by atoms with Crippen LogP contribution in [-0.4, -0.2) is 45.7 Å². The molecule has 1 fully saturated rings. The van der Waals surface area contributed by atoms with E-state index in [0.29, 0.717) is 17.5 Å². The molecule has 31 heavy (non-hydrogen) atoms. The van der Waals surface area contributed by atoms with Crippen LogP contribution in [-0.2, 0) is 4.79 Å². The quantitative estimate of drug-likeness (QED) is 0.502. The Morgan fingerprint density at radius 3 is 2.97 bits per heavy atom. The standard InChI is InChI=1S/C21H22N6O3S/c1-3-29-14-4-5-15-16(10-14)31-21(24-15)25-19(28)13-6-8-27(9-7-13)18-17-12(2)26-30-20(17)23-11-22-18/h4-5,10-11,13H,3,6-9H2,1-2H3,(H,24,25,28). The molecule has 4 heterocycles. The number of amides is 1. The second-order valence-corrected chi connectivity index (χ2v) is 8.51. The van der Waals surface area contributed by atoms with E-state index in [4.69, 9.17) is 9.26 Å². The molecule has 160 valence electrons. The van der Waals surface area contributed by atoms with E-state index in [1.54, 1.807) is 0 Å². The van der Waals surface area contributed by atoms with Crippen LogP contribution < -0.4 is 15.0 Å². The Hall–Kier alpha value is -3.27. The van der Waals surface area contributed by atoms with Crippen LogP contribution in [0.5, 0.6) is 5.75 Å². The summed E-state index contributed by atoms with van der Waals surface area (Å²) >= 11 is 1.46. The van der Waals surface area contributed by atoms with Crippen molar-refractivity contribution in [3.05, 3.63) is 30.2 Å². The first kappa shape index (κ1) is 19.7. The van der Waals surface area contributed by atoms with Gasteiger partial charge in [-0.05, 0) is 44.9 Å². The number of carbonyl (C=O) groups is 1. The van der Waals surface area contributed by atoms with Gasteiger partial charge in [0.2, 0.25) is 5.91 Å². The van der Waals surface area contributed by atoms with Crippen molar-refractivity contribution in [1.82, 2.24) is 20.1 Å². The summed E-state index contributed by atoms with van der Waals surface area (Å²) in [7, 11) is 0. The molecule has 1 N–H and O–H groups in total. The van der Waals surface area contributed by atoms with Gasteiger partial charge in [0.15, 0.2) is 5.13 Å². The van der Waals surface area contributed by atoms with Crippen LogP contribution in [0.2, 0.25) is 0 Å². The van der Waals surface area contributed by atoms with Gasteiger partial charge in [-0.1, -0.05) is 16.5 Å². The third-order valence-corrected chi connectivity index (χ3v) is 6.42. The zero-order chi connectivity index (χ0) is 21.4. The van der Waals surface area contributed by atoms with E-state index in [1.807, 2.05) is 32.0 Å². The number of ether oxygens (including phenoxy) is 1. The van der Waals surface area contributed by atoms with Gasteiger partial charge in [0.1, 0.15) is 23.3 Å². The molecule has 5 rings (SSSR count). The van der Waals surface area contributed by atoms with Gasteiger partial charge in [0.25, 0.3) is 5.71 Å². The Balaban J connectivity index is 1.25. The van der Waals surface area contributed by atoms with Crippen molar-refractivity contribution < 1.29 is 14.1 Å². The average molecular weight is 439 g/mol. The molecule has 0 bridgehead atoms. The van der Waals surface area contributed by atoms with Crippen molar-refractivity contribution in [3.8, 4) is 5.75 Å². The lowest BCUT2D eigenvalue weighted by Crippen LogP contribution is -2.38. The molecule has 3 aromatic heterocycles. The number of nitrogens with zero attached hydrogens (tertiary/aromatic N) is 5. The molecule has 9 nitrogen and oxygen atoms in total. The fourth-order valence-electron chi connectivity index (χ4n) is 3.92. The van der Waals surface area contributed by atoms with Crippen molar-refractivity contribution in [2.45, 2.75) is 26.7 Å². The van der Waals surface area contributed by atoms with E-state index >= 15 is 0 Å². The number of carbonyl (C=O) groups excluding carboxylic acids is 1. The minimum absolute atomic E-state index is 0.0118. The SMILES string of the molecule is CCOc1ccc2nc(NC(=O)C3CCN(c4ncnc5onc(C)c45)CC3)sc2c1. The van der Waals surface area contributed by atoms with E-state index in [-0.39, 0.29) is 11.8 Å². The fourth-order valence-corrected chi connectivity index (χ4v) is 4.82. The molecule has 1 aromatic carbocycles. The Morgan fingerprint density at radius 1 is 1.32 bits per heavy atom. The second kappa shape index (κ2) is 8.10. The molecule has 1 amide bonds. The predicted octanol–water partition coefficient (Wildman–Crippen LogP) is 3.79. The minimum atomic E-state index is -0.0665. The summed E-state index contributed by atoms with van der Waals surface area (Å²) in [6, 6.07) is 5.77. The number of rotatable bonds is 5. The predicted molar refractivity (Wildman–Crippen MR) is 119 cm³/mol. The highest BCUT2D eigenvalue weighted by atomic mass is 32.1. The third kappa shape index (κ3) is 3.78. The molecule has 10 heteroatoms. The summed E-state index contributed by atoms with van der Waals surface area (Å²) in [5, 5.41) is 8.45. The first-order valence-electron chi connectivity index (χ1n) is 10.3. The van der Waals surface area contributed by atoms with Gasteiger partial charge in [0.05, 0.1) is 22.5 Å². The highest BCUT2D eigenvalue weighted by molar-refractivity contribution is 7.22.